The zero-order chi connectivity index (χ0) is 19.5. The predicted octanol–water partition coefficient (Wildman–Crippen LogP) is 4.41. The molecule has 0 saturated heterocycles. The topological polar surface area (TPSA) is 40.6 Å². The number of carbonyl (C=O) groups excluding carboxylic acids is 2. The molecular formula is C23H26N2O2S. The van der Waals surface area contributed by atoms with E-state index >= 15 is 0 Å². The molecule has 2 amide bonds. The third kappa shape index (κ3) is 4.41. The van der Waals surface area contributed by atoms with Gasteiger partial charge in [-0.3, -0.25) is 9.59 Å². The molecule has 0 atom stereocenters. The quantitative estimate of drug-likeness (QED) is 0.729. The Hall–Kier alpha value is -2.27. The van der Waals surface area contributed by atoms with E-state index < -0.39 is 0 Å². The Bertz CT molecular complexity index is 861. The first-order chi connectivity index (χ1) is 13.6. The molecule has 0 N–H and O–H groups in total. The van der Waals surface area contributed by atoms with Crippen molar-refractivity contribution in [1.82, 2.24) is 4.90 Å². The van der Waals surface area contributed by atoms with Gasteiger partial charge < -0.3 is 9.80 Å². The lowest BCUT2D eigenvalue weighted by atomic mass is 10.1. The molecule has 2 aliphatic rings. The number of para-hydroxylation sites is 1. The van der Waals surface area contributed by atoms with E-state index in [0.29, 0.717) is 19.1 Å². The van der Waals surface area contributed by atoms with Crippen LogP contribution >= 0.6 is 11.8 Å². The molecule has 146 valence electrons. The second-order valence-electron chi connectivity index (χ2n) is 7.60. The highest BCUT2D eigenvalue weighted by atomic mass is 32.2. The van der Waals surface area contributed by atoms with Gasteiger partial charge >= 0.3 is 0 Å². The van der Waals surface area contributed by atoms with E-state index in [1.807, 2.05) is 28.0 Å². The second kappa shape index (κ2) is 8.39. The molecule has 1 heterocycles. The summed E-state index contributed by atoms with van der Waals surface area (Å²) in [4.78, 5) is 30.7. The van der Waals surface area contributed by atoms with Crippen LogP contribution in [0.15, 0.2) is 53.4 Å². The SMILES string of the molecule is Cc1ccc(CN(C(=O)CCC(=O)N2CCSc3ccccc32)C2CC2)cc1. The molecule has 1 fully saturated rings. The summed E-state index contributed by atoms with van der Waals surface area (Å²) in [7, 11) is 0. The summed E-state index contributed by atoms with van der Waals surface area (Å²) >= 11 is 1.78. The summed E-state index contributed by atoms with van der Waals surface area (Å²) in [6.45, 7) is 3.42. The van der Waals surface area contributed by atoms with Crippen molar-refractivity contribution in [2.24, 2.45) is 0 Å². The third-order valence-electron chi connectivity index (χ3n) is 5.36. The van der Waals surface area contributed by atoms with Gasteiger partial charge in [0.15, 0.2) is 0 Å². The highest BCUT2D eigenvalue weighted by molar-refractivity contribution is 7.99. The molecule has 4 nitrogen and oxygen atoms in total. The fourth-order valence-electron chi connectivity index (χ4n) is 3.62. The van der Waals surface area contributed by atoms with Crippen molar-refractivity contribution in [3.8, 4) is 0 Å². The number of nitrogens with zero attached hydrogens (tertiary/aromatic N) is 2. The van der Waals surface area contributed by atoms with Crippen LogP contribution in [0.2, 0.25) is 0 Å². The first-order valence-corrected chi connectivity index (χ1v) is 11.0. The number of anilines is 1. The molecule has 1 saturated carbocycles. The standard InChI is InChI=1S/C23H26N2O2S/c1-17-6-8-18(9-7-17)16-25(19-10-11-19)23(27)13-12-22(26)24-14-15-28-21-5-3-2-4-20(21)24/h2-9,19H,10-16H2,1H3. The summed E-state index contributed by atoms with van der Waals surface area (Å²) in [6, 6.07) is 16.7. The number of thioether (sulfide) groups is 1. The van der Waals surface area contributed by atoms with Gasteiger partial charge in [-0.15, -0.1) is 11.8 Å². The van der Waals surface area contributed by atoms with Crippen LogP contribution in [0.5, 0.6) is 0 Å². The van der Waals surface area contributed by atoms with Crippen molar-refractivity contribution in [2.45, 2.75) is 50.1 Å². The van der Waals surface area contributed by atoms with E-state index in [2.05, 4.69) is 37.3 Å². The van der Waals surface area contributed by atoms with E-state index in [1.54, 1.807) is 11.8 Å². The monoisotopic (exact) mass is 394 g/mol. The second-order valence-corrected chi connectivity index (χ2v) is 8.74. The van der Waals surface area contributed by atoms with Crippen LogP contribution in [0, 0.1) is 6.92 Å². The zero-order valence-electron chi connectivity index (χ0n) is 16.3. The molecule has 28 heavy (non-hydrogen) atoms. The Kier molecular flexibility index (Phi) is 5.72. The lowest BCUT2D eigenvalue weighted by Gasteiger charge is -2.29. The van der Waals surface area contributed by atoms with Crippen LogP contribution in [0.25, 0.3) is 0 Å². The molecular weight excluding hydrogens is 368 g/mol. The van der Waals surface area contributed by atoms with Crippen LogP contribution in [0.3, 0.4) is 0 Å². The normalized spacial score (nSPS) is 15.8. The fourth-order valence-corrected chi connectivity index (χ4v) is 4.61. The van der Waals surface area contributed by atoms with Gasteiger partial charge in [0.1, 0.15) is 0 Å². The molecule has 0 bridgehead atoms. The van der Waals surface area contributed by atoms with Crippen molar-refractivity contribution in [1.29, 1.82) is 0 Å². The van der Waals surface area contributed by atoms with Gasteiger partial charge in [-0.25, -0.2) is 0 Å². The number of aryl methyl sites for hydroxylation is 1. The Morgan fingerprint density at radius 3 is 2.57 bits per heavy atom. The van der Waals surface area contributed by atoms with Crippen LogP contribution in [0.4, 0.5) is 5.69 Å². The molecule has 0 spiro atoms. The van der Waals surface area contributed by atoms with E-state index in [9.17, 15) is 9.59 Å². The molecule has 2 aromatic rings. The lowest BCUT2D eigenvalue weighted by Crippen LogP contribution is -2.37. The molecule has 0 radical (unpaired) electrons. The fraction of sp³-hybridized carbons (Fsp3) is 0.391. The van der Waals surface area contributed by atoms with Crippen molar-refractivity contribution in [3.63, 3.8) is 0 Å². The summed E-state index contributed by atoms with van der Waals surface area (Å²) in [5, 5.41) is 0. The number of fused-ring (bicyclic) bond motifs is 1. The van der Waals surface area contributed by atoms with Gasteiger partial charge in [-0.2, -0.15) is 0 Å². The number of hydrogen-bond acceptors (Lipinski definition) is 3. The Morgan fingerprint density at radius 2 is 1.82 bits per heavy atom. The number of hydrogen-bond donors (Lipinski definition) is 0. The highest BCUT2D eigenvalue weighted by Gasteiger charge is 2.33. The van der Waals surface area contributed by atoms with Crippen LogP contribution in [-0.2, 0) is 16.1 Å². The predicted molar refractivity (Wildman–Crippen MR) is 114 cm³/mol. The van der Waals surface area contributed by atoms with E-state index in [-0.39, 0.29) is 24.7 Å². The summed E-state index contributed by atoms with van der Waals surface area (Å²) in [6.07, 6.45) is 2.70. The summed E-state index contributed by atoms with van der Waals surface area (Å²) in [5.74, 6) is 1.04. The molecule has 1 aliphatic carbocycles. The average Bonchev–Trinajstić information content (AvgIpc) is 3.56. The van der Waals surface area contributed by atoms with Gasteiger partial charge in [0.05, 0.1) is 5.69 Å². The number of carbonyl (C=O) groups is 2. The maximum absolute atomic E-state index is 12.9. The van der Waals surface area contributed by atoms with Crippen LogP contribution < -0.4 is 4.90 Å². The van der Waals surface area contributed by atoms with Gasteiger partial charge in [0.2, 0.25) is 11.8 Å². The first-order valence-electron chi connectivity index (χ1n) is 9.99. The average molecular weight is 395 g/mol. The maximum atomic E-state index is 12.9. The third-order valence-corrected chi connectivity index (χ3v) is 6.41. The smallest absolute Gasteiger partial charge is 0.227 e. The van der Waals surface area contributed by atoms with Crippen molar-refractivity contribution >= 4 is 29.3 Å². The molecule has 0 aromatic heterocycles. The molecule has 4 rings (SSSR count). The summed E-state index contributed by atoms with van der Waals surface area (Å²) < 4.78 is 0. The van der Waals surface area contributed by atoms with Crippen molar-refractivity contribution in [2.75, 3.05) is 17.2 Å². The minimum absolute atomic E-state index is 0.0483. The van der Waals surface area contributed by atoms with Gasteiger partial charge in [0.25, 0.3) is 0 Å². The van der Waals surface area contributed by atoms with Crippen molar-refractivity contribution in [3.05, 3.63) is 59.7 Å². The van der Waals surface area contributed by atoms with E-state index in [4.69, 9.17) is 0 Å². The molecule has 0 unspecified atom stereocenters. The van der Waals surface area contributed by atoms with Gasteiger partial charge in [-0.05, 0) is 37.5 Å². The van der Waals surface area contributed by atoms with E-state index in [1.165, 1.54) is 5.56 Å². The Balaban J connectivity index is 1.37. The Labute approximate surface area is 170 Å². The zero-order valence-corrected chi connectivity index (χ0v) is 17.1. The molecule has 2 aromatic carbocycles. The largest absolute Gasteiger partial charge is 0.335 e. The van der Waals surface area contributed by atoms with Gasteiger partial charge in [-0.1, -0.05) is 42.0 Å². The lowest BCUT2D eigenvalue weighted by molar-refractivity contribution is -0.134. The maximum Gasteiger partial charge on any atom is 0.227 e. The molecule has 1 aliphatic heterocycles. The van der Waals surface area contributed by atoms with Crippen molar-refractivity contribution < 1.29 is 9.59 Å². The highest BCUT2D eigenvalue weighted by Crippen LogP contribution is 2.35. The van der Waals surface area contributed by atoms with Crippen LogP contribution in [0.1, 0.15) is 36.8 Å². The first kappa shape index (κ1) is 19.1. The minimum Gasteiger partial charge on any atom is -0.335 e. The van der Waals surface area contributed by atoms with Crippen LogP contribution in [-0.4, -0.2) is 35.1 Å². The minimum atomic E-state index is 0.0483. The van der Waals surface area contributed by atoms with Gasteiger partial charge in [0, 0.05) is 42.6 Å². The number of benzene rings is 2. The van der Waals surface area contributed by atoms with E-state index in [0.717, 1.165) is 34.7 Å². The number of rotatable bonds is 6. The molecule has 5 heteroatoms. The Morgan fingerprint density at radius 1 is 1.07 bits per heavy atom. The summed E-state index contributed by atoms with van der Waals surface area (Å²) in [5.41, 5.74) is 3.35. The number of amides is 2.